The summed E-state index contributed by atoms with van der Waals surface area (Å²) in [7, 11) is 0. The van der Waals surface area contributed by atoms with Crippen molar-refractivity contribution in [1.29, 1.82) is 0 Å². The monoisotopic (exact) mass is 239 g/mol. The van der Waals surface area contributed by atoms with Gasteiger partial charge in [-0.1, -0.05) is 12.2 Å². The quantitative estimate of drug-likeness (QED) is 0.813. The molecule has 4 heteroatoms. The fraction of sp³-hybridized carbons (Fsp3) is 0.100. The molecule has 0 saturated carbocycles. The van der Waals surface area contributed by atoms with Gasteiger partial charge in [0, 0.05) is 15.3 Å². The van der Waals surface area contributed by atoms with Crippen LogP contribution in [0.25, 0.3) is 9.75 Å². The molecule has 0 unspecified atom stereocenters. The molecule has 0 bridgehead atoms. The third kappa shape index (κ3) is 1.73. The van der Waals surface area contributed by atoms with Crippen molar-refractivity contribution in [3.63, 3.8) is 0 Å². The number of hydrogen-bond acceptors (Lipinski definition) is 3. The zero-order chi connectivity index (χ0) is 10.1. The summed E-state index contributed by atoms with van der Waals surface area (Å²) in [6.07, 6.45) is 0. The summed E-state index contributed by atoms with van der Waals surface area (Å²) in [5.74, 6) is 0. The summed E-state index contributed by atoms with van der Waals surface area (Å²) in [6, 6.07) is 6.22. The van der Waals surface area contributed by atoms with Crippen LogP contribution in [0.3, 0.4) is 0 Å². The molecule has 1 nitrogen and oxygen atoms in total. The molecule has 2 aromatic heterocycles. The summed E-state index contributed by atoms with van der Waals surface area (Å²) in [4.78, 5) is 4.23. The van der Waals surface area contributed by atoms with Gasteiger partial charge in [0.1, 0.15) is 4.99 Å². The third-order valence-corrected chi connectivity index (χ3v) is 4.21. The second-order valence-corrected chi connectivity index (χ2v) is 5.58. The molecular formula is C10H9NS3. The molecule has 72 valence electrons. The highest BCUT2D eigenvalue weighted by Crippen LogP contribution is 2.34. The van der Waals surface area contributed by atoms with E-state index in [-0.39, 0.29) is 0 Å². The van der Waals surface area contributed by atoms with Crippen LogP contribution in [0.4, 0.5) is 0 Å². The van der Waals surface area contributed by atoms with Crippen molar-refractivity contribution in [1.82, 2.24) is 0 Å². The highest BCUT2D eigenvalue weighted by atomic mass is 32.1. The van der Waals surface area contributed by atoms with Crippen molar-refractivity contribution >= 4 is 39.9 Å². The number of thiophene rings is 2. The zero-order valence-electron chi connectivity index (χ0n) is 7.61. The SMILES string of the molecule is Cc1ccc(-c2sccc2C(N)=S)s1. The molecule has 0 amide bonds. The van der Waals surface area contributed by atoms with E-state index in [2.05, 4.69) is 19.1 Å². The third-order valence-electron chi connectivity index (χ3n) is 1.89. The van der Waals surface area contributed by atoms with Gasteiger partial charge < -0.3 is 5.73 Å². The second kappa shape index (κ2) is 3.81. The molecule has 0 saturated heterocycles. The van der Waals surface area contributed by atoms with E-state index < -0.39 is 0 Å². The summed E-state index contributed by atoms with van der Waals surface area (Å²) < 4.78 is 0. The van der Waals surface area contributed by atoms with Gasteiger partial charge in [0.2, 0.25) is 0 Å². The van der Waals surface area contributed by atoms with Gasteiger partial charge in [0.05, 0.1) is 4.88 Å². The van der Waals surface area contributed by atoms with Gasteiger partial charge in [0.25, 0.3) is 0 Å². The maximum atomic E-state index is 5.65. The molecule has 0 aliphatic rings. The number of aryl methyl sites for hydroxylation is 1. The van der Waals surface area contributed by atoms with Crippen molar-refractivity contribution in [3.05, 3.63) is 34.0 Å². The Bertz CT molecular complexity index is 467. The van der Waals surface area contributed by atoms with E-state index in [1.54, 1.807) is 22.7 Å². The lowest BCUT2D eigenvalue weighted by Gasteiger charge is -1.97. The standard InChI is InChI=1S/C10H9NS3/c1-6-2-3-8(14-6)9-7(10(11)12)4-5-13-9/h2-5H,1H3,(H2,11,12). The number of nitrogens with two attached hydrogens (primary N) is 1. The minimum absolute atomic E-state index is 0.479. The van der Waals surface area contributed by atoms with Crippen LogP contribution in [-0.4, -0.2) is 4.99 Å². The molecule has 0 fully saturated rings. The van der Waals surface area contributed by atoms with Crippen LogP contribution in [-0.2, 0) is 0 Å². The Labute approximate surface area is 96.2 Å². The van der Waals surface area contributed by atoms with Gasteiger partial charge >= 0.3 is 0 Å². The Hall–Kier alpha value is -0.710. The van der Waals surface area contributed by atoms with Crippen LogP contribution in [0, 0.1) is 6.92 Å². The first kappa shape index (κ1) is 9.83. The van der Waals surface area contributed by atoms with Gasteiger partial charge in [0.15, 0.2) is 0 Å². The van der Waals surface area contributed by atoms with E-state index in [9.17, 15) is 0 Å². The maximum absolute atomic E-state index is 5.65. The van der Waals surface area contributed by atoms with Crippen LogP contribution >= 0.6 is 34.9 Å². The van der Waals surface area contributed by atoms with E-state index >= 15 is 0 Å². The predicted molar refractivity (Wildman–Crippen MR) is 68.3 cm³/mol. The van der Waals surface area contributed by atoms with Crippen molar-refractivity contribution in [2.24, 2.45) is 5.73 Å². The summed E-state index contributed by atoms with van der Waals surface area (Å²) in [5.41, 5.74) is 6.64. The minimum Gasteiger partial charge on any atom is -0.389 e. The number of rotatable bonds is 2. The largest absolute Gasteiger partial charge is 0.389 e. The normalized spacial score (nSPS) is 10.4. The molecule has 2 N–H and O–H groups in total. The van der Waals surface area contributed by atoms with Crippen LogP contribution in [0.5, 0.6) is 0 Å². The predicted octanol–water partition coefficient (Wildman–Crippen LogP) is 3.42. The van der Waals surface area contributed by atoms with Gasteiger partial charge in [-0.05, 0) is 30.5 Å². The van der Waals surface area contributed by atoms with Crippen LogP contribution in [0.2, 0.25) is 0 Å². The van der Waals surface area contributed by atoms with E-state index in [1.165, 1.54) is 14.6 Å². The Kier molecular flexibility index (Phi) is 2.67. The topological polar surface area (TPSA) is 26.0 Å². The van der Waals surface area contributed by atoms with Crippen LogP contribution in [0.15, 0.2) is 23.6 Å². The van der Waals surface area contributed by atoms with E-state index in [1.807, 2.05) is 11.4 Å². The maximum Gasteiger partial charge on any atom is 0.105 e. The fourth-order valence-corrected chi connectivity index (χ4v) is 3.41. The van der Waals surface area contributed by atoms with Gasteiger partial charge in [-0.2, -0.15) is 0 Å². The Morgan fingerprint density at radius 1 is 1.36 bits per heavy atom. The van der Waals surface area contributed by atoms with E-state index in [4.69, 9.17) is 18.0 Å². The Morgan fingerprint density at radius 2 is 2.14 bits per heavy atom. The number of hydrogen-bond donors (Lipinski definition) is 1. The lowest BCUT2D eigenvalue weighted by Crippen LogP contribution is -2.08. The van der Waals surface area contributed by atoms with Crippen molar-refractivity contribution in [2.75, 3.05) is 0 Å². The minimum atomic E-state index is 0.479. The van der Waals surface area contributed by atoms with E-state index in [0.717, 1.165) is 5.56 Å². The molecule has 0 atom stereocenters. The summed E-state index contributed by atoms with van der Waals surface area (Å²) in [6.45, 7) is 2.10. The molecule has 0 radical (unpaired) electrons. The van der Waals surface area contributed by atoms with Gasteiger partial charge in [-0.25, -0.2) is 0 Å². The average molecular weight is 239 g/mol. The smallest absolute Gasteiger partial charge is 0.105 e. The second-order valence-electron chi connectivity index (χ2n) is 2.94. The lowest BCUT2D eigenvalue weighted by molar-refractivity contribution is 1.64. The highest BCUT2D eigenvalue weighted by molar-refractivity contribution is 7.80. The number of thiocarbonyl (C=S) groups is 1. The average Bonchev–Trinajstić information content (AvgIpc) is 2.70. The molecule has 14 heavy (non-hydrogen) atoms. The summed E-state index contributed by atoms with van der Waals surface area (Å²) >= 11 is 8.46. The Balaban J connectivity index is 2.51. The zero-order valence-corrected chi connectivity index (χ0v) is 10.1. The lowest BCUT2D eigenvalue weighted by atomic mass is 10.2. The van der Waals surface area contributed by atoms with Gasteiger partial charge in [-0.3, -0.25) is 0 Å². The molecule has 0 aromatic carbocycles. The first-order valence-electron chi connectivity index (χ1n) is 4.12. The van der Waals surface area contributed by atoms with Crippen LogP contribution < -0.4 is 5.73 Å². The first-order chi connectivity index (χ1) is 6.68. The molecule has 2 rings (SSSR count). The fourth-order valence-electron chi connectivity index (χ4n) is 1.25. The molecule has 0 aliphatic heterocycles. The summed E-state index contributed by atoms with van der Waals surface area (Å²) in [5, 5.41) is 2.03. The van der Waals surface area contributed by atoms with Crippen molar-refractivity contribution < 1.29 is 0 Å². The highest BCUT2D eigenvalue weighted by Gasteiger charge is 2.10. The van der Waals surface area contributed by atoms with Crippen molar-refractivity contribution in [2.45, 2.75) is 6.92 Å². The molecule has 2 aromatic rings. The van der Waals surface area contributed by atoms with Crippen molar-refractivity contribution in [3.8, 4) is 9.75 Å². The molecular weight excluding hydrogens is 230 g/mol. The van der Waals surface area contributed by atoms with Gasteiger partial charge in [-0.15, -0.1) is 22.7 Å². The molecule has 0 spiro atoms. The Morgan fingerprint density at radius 3 is 2.71 bits per heavy atom. The molecule has 0 aliphatic carbocycles. The van der Waals surface area contributed by atoms with Crippen LogP contribution in [0.1, 0.15) is 10.4 Å². The molecule has 2 heterocycles. The van der Waals surface area contributed by atoms with E-state index in [0.29, 0.717) is 4.99 Å². The first-order valence-corrected chi connectivity index (χ1v) is 6.23.